The van der Waals surface area contributed by atoms with E-state index in [0.717, 1.165) is 6.42 Å². The second-order valence-corrected chi connectivity index (χ2v) is 10.9. The maximum atomic E-state index is 5.59. The first-order valence-corrected chi connectivity index (χ1v) is 8.02. The van der Waals surface area contributed by atoms with Crippen molar-refractivity contribution < 1.29 is 0 Å². The zero-order valence-electron chi connectivity index (χ0n) is 5.20. The molecule has 0 saturated heterocycles. The van der Waals surface area contributed by atoms with E-state index in [1.165, 1.54) is 0 Å². The molecule has 0 bridgehead atoms. The van der Waals surface area contributed by atoms with Gasteiger partial charge in [0.2, 0.25) is 0 Å². The van der Waals surface area contributed by atoms with Gasteiger partial charge in [0.15, 0.2) is 0 Å². The van der Waals surface area contributed by atoms with Crippen molar-refractivity contribution in [3.63, 3.8) is 0 Å². The van der Waals surface area contributed by atoms with Gasteiger partial charge in [0.25, 0.3) is 0 Å². The lowest BCUT2D eigenvalue weighted by Gasteiger charge is -2.00. The van der Waals surface area contributed by atoms with E-state index < -0.39 is 6.00 Å². The number of rotatable bonds is 3. The second-order valence-electron chi connectivity index (χ2n) is 1.70. The molecule has 0 aromatic rings. The zero-order valence-corrected chi connectivity index (χ0v) is 8.47. The normalized spacial score (nSPS) is 12.9. The van der Waals surface area contributed by atoms with Gasteiger partial charge < -0.3 is 0 Å². The molecule has 0 radical (unpaired) electrons. The summed E-state index contributed by atoms with van der Waals surface area (Å²) in [7, 11) is 0. The van der Waals surface area contributed by atoms with E-state index in [9.17, 15) is 0 Å². The SMILES string of the molecule is CC/C=C/C[Si](Cl)(Cl)Cl. The Balaban J connectivity index is 3.38. The number of hydrogen-bond donors (Lipinski definition) is 0. The van der Waals surface area contributed by atoms with Gasteiger partial charge in [-0.25, -0.2) is 0 Å². The molecule has 0 aromatic heterocycles. The van der Waals surface area contributed by atoms with Crippen LogP contribution >= 0.6 is 33.2 Å². The lowest BCUT2D eigenvalue weighted by atomic mass is 10.4. The monoisotopic (exact) mass is 202 g/mol. The third kappa shape index (κ3) is 8.83. The molecule has 0 saturated carbocycles. The predicted molar refractivity (Wildman–Crippen MR) is 47.6 cm³/mol. The highest BCUT2D eigenvalue weighted by Gasteiger charge is 2.21. The molecular formula is C5H9Cl3Si. The minimum Gasteiger partial charge on any atom is -0.126 e. The van der Waals surface area contributed by atoms with Crippen molar-refractivity contribution in [1.82, 2.24) is 0 Å². The minimum absolute atomic E-state index is 0.630. The molecule has 0 amide bonds. The highest BCUT2D eigenvalue weighted by Crippen LogP contribution is 2.24. The summed E-state index contributed by atoms with van der Waals surface area (Å²) < 4.78 is 0. The molecule has 0 aliphatic rings. The van der Waals surface area contributed by atoms with Crippen LogP contribution in [0.2, 0.25) is 6.04 Å². The van der Waals surface area contributed by atoms with Crippen LogP contribution in [0, 0.1) is 0 Å². The van der Waals surface area contributed by atoms with Gasteiger partial charge in [-0.15, -0.1) is 33.2 Å². The van der Waals surface area contributed by atoms with Gasteiger partial charge in [-0.3, -0.25) is 0 Å². The highest BCUT2D eigenvalue weighted by atomic mass is 35.8. The van der Waals surface area contributed by atoms with Crippen LogP contribution in [0.15, 0.2) is 12.2 Å². The molecule has 0 N–H and O–H groups in total. The van der Waals surface area contributed by atoms with Crippen LogP contribution in [-0.4, -0.2) is 6.00 Å². The van der Waals surface area contributed by atoms with Gasteiger partial charge in [0.05, 0.1) is 0 Å². The standard InChI is InChI=1S/C5H9Cl3Si/c1-2-3-4-5-9(6,7)8/h3-4H,2,5H2,1H3/b4-3+. The van der Waals surface area contributed by atoms with E-state index in [1.54, 1.807) is 0 Å². The quantitative estimate of drug-likeness (QED) is 0.373. The Hall–Kier alpha value is 0.827. The van der Waals surface area contributed by atoms with Crippen molar-refractivity contribution in [3.05, 3.63) is 12.2 Å². The molecular weight excluding hydrogens is 194 g/mol. The van der Waals surface area contributed by atoms with E-state index in [1.807, 2.05) is 12.2 Å². The summed E-state index contributed by atoms with van der Waals surface area (Å²) in [5, 5.41) is 0. The fourth-order valence-electron chi connectivity index (χ4n) is 0.384. The summed E-state index contributed by atoms with van der Waals surface area (Å²) in [4.78, 5) is 0. The fourth-order valence-corrected chi connectivity index (χ4v) is 1.62. The highest BCUT2D eigenvalue weighted by molar-refractivity contribution is 7.64. The molecule has 0 atom stereocenters. The molecule has 0 aliphatic carbocycles. The van der Waals surface area contributed by atoms with Crippen LogP contribution in [0.4, 0.5) is 0 Å². The average Bonchev–Trinajstić information content (AvgIpc) is 1.63. The van der Waals surface area contributed by atoms with Crippen LogP contribution in [0.1, 0.15) is 13.3 Å². The van der Waals surface area contributed by atoms with Crippen LogP contribution in [0.5, 0.6) is 0 Å². The number of halogens is 3. The van der Waals surface area contributed by atoms with E-state index in [4.69, 9.17) is 33.2 Å². The molecule has 0 fully saturated rings. The molecule has 0 nitrogen and oxygen atoms in total. The van der Waals surface area contributed by atoms with Gasteiger partial charge >= 0.3 is 6.00 Å². The average molecular weight is 204 g/mol. The van der Waals surface area contributed by atoms with Crippen molar-refractivity contribution in [3.8, 4) is 0 Å². The van der Waals surface area contributed by atoms with Crippen molar-refractivity contribution in [1.29, 1.82) is 0 Å². The topological polar surface area (TPSA) is 0 Å². The largest absolute Gasteiger partial charge is 0.344 e. The Morgan fingerprint density at radius 1 is 1.22 bits per heavy atom. The molecule has 0 heterocycles. The van der Waals surface area contributed by atoms with Gasteiger partial charge in [-0.1, -0.05) is 19.1 Å². The predicted octanol–water partition coefficient (Wildman–Crippen LogP) is 3.61. The molecule has 0 aromatic carbocycles. The molecule has 0 spiro atoms. The number of hydrogen-bond acceptors (Lipinski definition) is 0. The first kappa shape index (κ1) is 9.83. The van der Waals surface area contributed by atoms with Crippen LogP contribution in [-0.2, 0) is 0 Å². The fraction of sp³-hybridized carbons (Fsp3) is 0.600. The summed E-state index contributed by atoms with van der Waals surface area (Å²) in [5.74, 6) is 0. The van der Waals surface area contributed by atoms with Gasteiger partial charge in [-0.05, 0) is 6.42 Å². The molecule has 54 valence electrons. The summed E-state index contributed by atoms with van der Waals surface area (Å²) in [5.41, 5.74) is 0. The summed E-state index contributed by atoms with van der Waals surface area (Å²) in [6.45, 7) is 2.05. The molecule has 0 rings (SSSR count). The maximum Gasteiger partial charge on any atom is 0.344 e. The first-order valence-electron chi connectivity index (χ1n) is 2.78. The Morgan fingerprint density at radius 2 is 1.78 bits per heavy atom. The van der Waals surface area contributed by atoms with Crippen molar-refractivity contribution in [2.45, 2.75) is 19.4 Å². The van der Waals surface area contributed by atoms with Gasteiger partial charge in [-0.2, -0.15) is 0 Å². The molecule has 9 heavy (non-hydrogen) atoms. The summed E-state index contributed by atoms with van der Waals surface area (Å²) in [6, 6.07) is -1.73. The van der Waals surface area contributed by atoms with E-state index >= 15 is 0 Å². The third-order valence-electron chi connectivity index (χ3n) is 0.752. The molecule has 0 aliphatic heterocycles. The van der Waals surface area contributed by atoms with E-state index in [-0.39, 0.29) is 0 Å². The minimum atomic E-state index is -2.36. The Kier molecular flexibility index (Phi) is 5.04. The van der Waals surface area contributed by atoms with Crippen LogP contribution in [0.25, 0.3) is 0 Å². The summed E-state index contributed by atoms with van der Waals surface area (Å²) in [6.07, 6.45) is 4.95. The van der Waals surface area contributed by atoms with E-state index in [2.05, 4.69) is 6.92 Å². The Bertz CT molecular complexity index is 94.9. The summed E-state index contributed by atoms with van der Waals surface area (Å²) >= 11 is 16.8. The third-order valence-corrected chi connectivity index (χ3v) is 2.84. The first-order chi connectivity index (χ1) is 4.06. The molecule has 4 heteroatoms. The van der Waals surface area contributed by atoms with Crippen molar-refractivity contribution in [2.75, 3.05) is 0 Å². The van der Waals surface area contributed by atoms with Crippen LogP contribution < -0.4 is 0 Å². The van der Waals surface area contributed by atoms with Gasteiger partial charge in [0, 0.05) is 6.04 Å². The zero-order chi connectivity index (χ0) is 7.33. The smallest absolute Gasteiger partial charge is 0.126 e. The maximum absolute atomic E-state index is 5.59. The second kappa shape index (κ2) is 4.61. The lowest BCUT2D eigenvalue weighted by molar-refractivity contribution is 1.22. The van der Waals surface area contributed by atoms with E-state index in [0.29, 0.717) is 6.04 Å². The lowest BCUT2D eigenvalue weighted by Crippen LogP contribution is -2.05. The number of allylic oxidation sites excluding steroid dienone is 2. The Labute approximate surface area is 70.9 Å². The van der Waals surface area contributed by atoms with Crippen molar-refractivity contribution >= 4 is 39.2 Å². The molecule has 0 unspecified atom stereocenters. The Morgan fingerprint density at radius 3 is 2.11 bits per heavy atom. The van der Waals surface area contributed by atoms with Gasteiger partial charge in [0.1, 0.15) is 0 Å². The van der Waals surface area contributed by atoms with Crippen LogP contribution in [0.3, 0.4) is 0 Å². The van der Waals surface area contributed by atoms with Crippen molar-refractivity contribution in [2.24, 2.45) is 0 Å².